The van der Waals surface area contributed by atoms with Crippen molar-refractivity contribution in [3.05, 3.63) is 0 Å². The van der Waals surface area contributed by atoms with E-state index in [2.05, 4.69) is 12.2 Å². The van der Waals surface area contributed by atoms with E-state index in [-0.39, 0.29) is 11.9 Å². The van der Waals surface area contributed by atoms with Gasteiger partial charge in [-0.3, -0.25) is 4.79 Å². The first-order valence-electron chi connectivity index (χ1n) is 6.89. The molecule has 0 aliphatic heterocycles. The first-order valence-corrected chi connectivity index (χ1v) is 6.89. The van der Waals surface area contributed by atoms with Crippen LogP contribution >= 0.6 is 0 Å². The average molecular weight is 241 g/mol. The summed E-state index contributed by atoms with van der Waals surface area (Å²) in [5, 5.41) is 3.07. The number of rotatable bonds is 6. The zero-order valence-corrected chi connectivity index (χ0v) is 11.0. The lowest BCUT2D eigenvalue weighted by Crippen LogP contribution is -2.46. The van der Waals surface area contributed by atoms with Crippen molar-refractivity contribution in [3.63, 3.8) is 0 Å². The van der Waals surface area contributed by atoms with Crippen molar-refractivity contribution >= 4 is 5.91 Å². The van der Waals surface area contributed by atoms with Crippen LogP contribution in [0.3, 0.4) is 0 Å². The number of carbonyl (C=O) groups excluding carboxylic acids is 1. The maximum absolute atomic E-state index is 11.8. The van der Waals surface area contributed by atoms with E-state index in [9.17, 15) is 4.79 Å². The highest BCUT2D eigenvalue weighted by molar-refractivity contribution is 5.81. The molecule has 1 amide bonds. The molecular formula is C13H27N3O. The van der Waals surface area contributed by atoms with Crippen molar-refractivity contribution in [1.29, 1.82) is 0 Å². The summed E-state index contributed by atoms with van der Waals surface area (Å²) in [6.45, 7) is 2.95. The second-order valence-electron chi connectivity index (χ2n) is 5.36. The molecule has 0 aromatic carbocycles. The van der Waals surface area contributed by atoms with Crippen molar-refractivity contribution < 1.29 is 4.79 Å². The van der Waals surface area contributed by atoms with E-state index in [4.69, 9.17) is 11.5 Å². The molecule has 0 radical (unpaired) electrons. The monoisotopic (exact) mass is 241 g/mol. The maximum Gasteiger partial charge on any atom is 0.237 e. The van der Waals surface area contributed by atoms with Crippen molar-refractivity contribution in [2.24, 2.45) is 17.4 Å². The van der Waals surface area contributed by atoms with E-state index in [0.717, 1.165) is 38.0 Å². The lowest BCUT2D eigenvalue weighted by Gasteiger charge is -2.27. The van der Waals surface area contributed by atoms with Gasteiger partial charge in [0.2, 0.25) is 5.91 Å². The highest BCUT2D eigenvalue weighted by atomic mass is 16.2. The molecule has 17 heavy (non-hydrogen) atoms. The van der Waals surface area contributed by atoms with Gasteiger partial charge in [-0.2, -0.15) is 0 Å². The Hall–Kier alpha value is -0.610. The first kappa shape index (κ1) is 14.5. The third-order valence-corrected chi connectivity index (χ3v) is 3.67. The number of amides is 1. The van der Waals surface area contributed by atoms with Gasteiger partial charge < -0.3 is 16.8 Å². The predicted octanol–water partition coefficient (Wildman–Crippen LogP) is 1.14. The number of nitrogens with one attached hydrogen (secondary N) is 1. The fraction of sp³-hybridized carbons (Fsp3) is 0.923. The molecule has 0 saturated heterocycles. The SMILES string of the molecule is CC1CCC(NC(=O)C(N)CCCCN)CC1. The molecule has 1 aliphatic carbocycles. The van der Waals surface area contributed by atoms with E-state index in [1.807, 2.05) is 0 Å². The van der Waals surface area contributed by atoms with Gasteiger partial charge in [0.25, 0.3) is 0 Å². The van der Waals surface area contributed by atoms with E-state index >= 15 is 0 Å². The molecular weight excluding hydrogens is 214 g/mol. The van der Waals surface area contributed by atoms with Crippen LogP contribution in [-0.2, 0) is 4.79 Å². The van der Waals surface area contributed by atoms with Gasteiger partial charge in [-0.15, -0.1) is 0 Å². The summed E-state index contributed by atoms with van der Waals surface area (Å²) < 4.78 is 0. The smallest absolute Gasteiger partial charge is 0.237 e. The minimum atomic E-state index is -0.360. The number of unbranched alkanes of at least 4 members (excludes halogenated alkanes) is 1. The maximum atomic E-state index is 11.8. The van der Waals surface area contributed by atoms with E-state index in [0.29, 0.717) is 12.6 Å². The van der Waals surface area contributed by atoms with Crippen LogP contribution in [0.25, 0.3) is 0 Å². The minimum Gasteiger partial charge on any atom is -0.352 e. The average Bonchev–Trinajstić information content (AvgIpc) is 2.32. The highest BCUT2D eigenvalue weighted by Crippen LogP contribution is 2.23. The quantitative estimate of drug-likeness (QED) is 0.610. The molecule has 1 saturated carbocycles. The Morgan fingerprint density at radius 2 is 1.94 bits per heavy atom. The van der Waals surface area contributed by atoms with Gasteiger partial charge in [0.15, 0.2) is 0 Å². The van der Waals surface area contributed by atoms with Crippen LogP contribution < -0.4 is 16.8 Å². The molecule has 1 unspecified atom stereocenters. The van der Waals surface area contributed by atoms with Crippen LogP contribution in [-0.4, -0.2) is 24.5 Å². The number of nitrogens with two attached hydrogens (primary N) is 2. The molecule has 1 atom stereocenters. The first-order chi connectivity index (χ1) is 8.13. The molecule has 4 nitrogen and oxygen atoms in total. The third kappa shape index (κ3) is 5.50. The summed E-state index contributed by atoms with van der Waals surface area (Å²) in [5.74, 6) is 0.822. The van der Waals surface area contributed by atoms with E-state index in [1.54, 1.807) is 0 Å². The molecule has 0 aromatic heterocycles. The van der Waals surface area contributed by atoms with Gasteiger partial charge >= 0.3 is 0 Å². The minimum absolute atomic E-state index is 0.0153. The largest absolute Gasteiger partial charge is 0.352 e. The number of hydrogen-bond acceptors (Lipinski definition) is 3. The standard InChI is InChI=1S/C13H27N3O/c1-10-5-7-11(8-6-10)16-13(17)12(15)4-2-3-9-14/h10-12H,2-9,14-15H2,1H3,(H,16,17). The Labute approximate surface area is 105 Å². The van der Waals surface area contributed by atoms with Crippen LogP contribution in [0.1, 0.15) is 51.9 Å². The van der Waals surface area contributed by atoms with E-state index in [1.165, 1.54) is 12.8 Å². The summed E-state index contributed by atoms with van der Waals surface area (Å²) in [6.07, 6.45) is 7.26. The third-order valence-electron chi connectivity index (χ3n) is 3.67. The summed E-state index contributed by atoms with van der Waals surface area (Å²) in [6, 6.07) is -0.0137. The molecule has 1 fully saturated rings. The topological polar surface area (TPSA) is 81.1 Å². The van der Waals surface area contributed by atoms with Crippen LogP contribution in [0.2, 0.25) is 0 Å². The summed E-state index contributed by atoms with van der Waals surface area (Å²) >= 11 is 0. The molecule has 0 heterocycles. The van der Waals surface area contributed by atoms with Gasteiger partial charge in [-0.25, -0.2) is 0 Å². The molecule has 4 heteroatoms. The van der Waals surface area contributed by atoms with Crippen molar-refractivity contribution in [2.75, 3.05) is 6.54 Å². The lowest BCUT2D eigenvalue weighted by molar-refractivity contribution is -0.123. The molecule has 0 aromatic rings. The van der Waals surface area contributed by atoms with Crippen LogP contribution in [0.4, 0.5) is 0 Å². The lowest BCUT2D eigenvalue weighted by atomic mass is 9.87. The Kier molecular flexibility index (Phi) is 6.52. The normalized spacial score (nSPS) is 26.5. The molecule has 1 rings (SSSR count). The Morgan fingerprint density at radius 1 is 1.29 bits per heavy atom. The number of carbonyl (C=O) groups is 1. The molecule has 0 spiro atoms. The Bertz CT molecular complexity index is 225. The van der Waals surface area contributed by atoms with Gasteiger partial charge in [0.05, 0.1) is 6.04 Å². The van der Waals surface area contributed by atoms with Crippen molar-refractivity contribution in [3.8, 4) is 0 Å². The fourth-order valence-electron chi connectivity index (χ4n) is 2.35. The fourth-order valence-corrected chi connectivity index (χ4v) is 2.35. The highest BCUT2D eigenvalue weighted by Gasteiger charge is 2.21. The van der Waals surface area contributed by atoms with Crippen LogP contribution in [0, 0.1) is 5.92 Å². The molecule has 100 valence electrons. The van der Waals surface area contributed by atoms with Crippen molar-refractivity contribution in [2.45, 2.75) is 64.0 Å². The Morgan fingerprint density at radius 3 is 2.53 bits per heavy atom. The van der Waals surface area contributed by atoms with Gasteiger partial charge in [0.1, 0.15) is 0 Å². The second kappa shape index (κ2) is 7.67. The summed E-state index contributed by atoms with van der Waals surface area (Å²) in [5.41, 5.74) is 11.3. The van der Waals surface area contributed by atoms with E-state index < -0.39 is 0 Å². The second-order valence-corrected chi connectivity index (χ2v) is 5.36. The van der Waals surface area contributed by atoms with Crippen LogP contribution in [0.15, 0.2) is 0 Å². The number of hydrogen-bond donors (Lipinski definition) is 3. The van der Waals surface area contributed by atoms with Gasteiger partial charge in [0, 0.05) is 6.04 Å². The summed E-state index contributed by atoms with van der Waals surface area (Å²) in [7, 11) is 0. The Balaban J connectivity index is 2.19. The van der Waals surface area contributed by atoms with Crippen LogP contribution in [0.5, 0.6) is 0 Å². The van der Waals surface area contributed by atoms with Gasteiger partial charge in [-0.1, -0.05) is 13.3 Å². The van der Waals surface area contributed by atoms with Crippen molar-refractivity contribution in [1.82, 2.24) is 5.32 Å². The van der Waals surface area contributed by atoms with Gasteiger partial charge in [-0.05, 0) is 51.0 Å². The predicted molar refractivity (Wildman–Crippen MR) is 70.4 cm³/mol. The zero-order valence-electron chi connectivity index (χ0n) is 11.0. The molecule has 5 N–H and O–H groups in total. The molecule has 1 aliphatic rings. The zero-order chi connectivity index (χ0) is 12.7. The molecule has 0 bridgehead atoms. The summed E-state index contributed by atoms with van der Waals surface area (Å²) in [4.78, 5) is 11.8.